The van der Waals surface area contributed by atoms with Crippen molar-refractivity contribution in [2.75, 3.05) is 13.2 Å². The van der Waals surface area contributed by atoms with Crippen molar-refractivity contribution in [1.82, 2.24) is 0 Å². The number of ether oxygens (including phenoxy) is 3. The molecule has 1 unspecified atom stereocenters. The highest BCUT2D eigenvalue weighted by Gasteiger charge is 2.19. The zero-order valence-corrected chi connectivity index (χ0v) is 48.7. The van der Waals surface area contributed by atoms with Gasteiger partial charge in [-0.2, -0.15) is 0 Å². The van der Waals surface area contributed by atoms with Crippen LogP contribution >= 0.6 is 0 Å². The Hall–Kier alpha value is -2.11. The Morgan fingerprint density at radius 3 is 0.694 bits per heavy atom. The molecule has 1 atom stereocenters. The number of carbonyl (C=O) groups excluding carboxylic acids is 3. The molecule has 0 heterocycles. The van der Waals surface area contributed by atoms with Crippen LogP contribution in [0, 0.1) is 0 Å². The highest BCUT2D eigenvalue weighted by Crippen LogP contribution is 2.17. The maximum Gasteiger partial charge on any atom is 0.306 e. The van der Waals surface area contributed by atoms with Crippen molar-refractivity contribution in [3.8, 4) is 0 Å². The van der Waals surface area contributed by atoms with E-state index in [1.807, 2.05) is 0 Å². The number of unbranched alkanes of at least 4 members (excludes halogenated alkanes) is 45. The summed E-state index contributed by atoms with van der Waals surface area (Å²) < 4.78 is 17.0. The van der Waals surface area contributed by atoms with Crippen LogP contribution in [0.4, 0.5) is 0 Å². The fourth-order valence-corrected chi connectivity index (χ4v) is 9.79. The average Bonchev–Trinajstić information content (AvgIpc) is 3.38. The third-order valence-electron chi connectivity index (χ3n) is 14.7. The third-order valence-corrected chi connectivity index (χ3v) is 14.7. The van der Waals surface area contributed by atoms with Crippen molar-refractivity contribution in [3.05, 3.63) is 24.3 Å². The van der Waals surface area contributed by atoms with E-state index in [-0.39, 0.29) is 31.1 Å². The topological polar surface area (TPSA) is 78.9 Å². The molecule has 0 spiro atoms. The van der Waals surface area contributed by atoms with Crippen molar-refractivity contribution < 1.29 is 28.6 Å². The number of hydrogen-bond acceptors (Lipinski definition) is 6. The van der Waals surface area contributed by atoms with Gasteiger partial charge in [0.25, 0.3) is 0 Å². The molecule has 0 aliphatic rings. The summed E-state index contributed by atoms with van der Waals surface area (Å²) in [5.41, 5.74) is 0. The number of hydrogen-bond donors (Lipinski definition) is 0. The van der Waals surface area contributed by atoms with Crippen molar-refractivity contribution in [1.29, 1.82) is 0 Å². The van der Waals surface area contributed by atoms with Crippen molar-refractivity contribution >= 4 is 17.9 Å². The van der Waals surface area contributed by atoms with Gasteiger partial charge < -0.3 is 14.2 Å². The van der Waals surface area contributed by atoms with Crippen LogP contribution in [0.25, 0.3) is 0 Å². The highest BCUT2D eigenvalue weighted by atomic mass is 16.6. The van der Waals surface area contributed by atoms with Gasteiger partial charge in [0.2, 0.25) is 0 Å². The summed E-state index contributed by atoms with van der Waals surface area (Å²) in [6, 6.07) is 0. The van der Waals surface area contributed by atoms with Gasteiger partial charge in [-0.25, -0.2) is 0 Å². The van der Waals surface area contributed by atoms with Gasteiger partial charge in [0, 0.05) is 19.3 Å². The molecule has 0 fully saturated rings. The number of rotatable bonds is 60. The molecule has 0 bridgehead atoms. The summed E-state index contributed by atoms with van der Waals surface area (Å²) in [6.45, 7) is 6.70. The SMILES string of the molecule is CCCCCCCC/C=C\CCCCCCCCCC(=O)OCC(COC(=O)CCCCCCCCC/C=C\CCCCCCCCCC)OC(=O)CCCCCCCCCCCCCCCCCCCC. The second-order valence-corrected chi connectivity index (χ2v) is 22.0. The van der Waals surface area contributed by atoms with E-state index in [2.05, 4.69) is 45.1 Å². The molecule has 6 heteroatoms. The lowest BCUT2D eigenvalue weighted by Gasteiger charge is -2.18. The number of esters is 3. The van der Waals surface area contributed by atoms with E-state index in [1.54, 1.807) is 0 Å². The minimum Gasteiger partial charge on any atom is -0.462 e. The second kappa shape index (κ2) is 61.4. The van der Waals surface area contributed by atoms with Crippen molar-refractivity contribution in [3.63, 3.8) is 0 Å². The Morgan fingerprint density at radius 1 is 0.264 bits per heavy atom. The number of allylic oxidation sites excluding steroid dienone is 4. The lowest BCUT2D eigenvalue weighted by Crippen LogP contribution is -2.30. The van der Waals surface area contributed by atoms with Gasteiger partial charge in [-0.1, -0.05) is 295 Å². The van der Waals surface area contributed by atoms with E-state index in [4.69, 9.17) is 14.2 Å². The Labute approximate surface area is 449 Å². The monoisotopic (exact) mass is 1010 g/mol. The second-order valence-electron chi connectivity index (χ2n) is 22.0. The smallest absolute Gasteiger partial charge is 0.306 e. The molecule has 72 heavy (non-hydrogen) atoms. The Morgan fingerprint density at radius 2 is 0.458 bits per heavy atom. The lowest BCUT2D eigenvalue weighted by atomic mass is 10.0. The molecule has 0 aromatic rings. The van der Waals surface area contributed by atoms with Gasteiger partial charge in [0.15, 0.2) is 6.10 Å². The molecule has 0 rings (SSSR count). The van der Waals surface area contributed by atoms with Crippen LogP contribution in [-0.4, -0.2) is 37.2 Å². The predicted octanol–water partition coefficient (Wildman–Crippen LogP) is 21.8. The van der Waals surface area contributed by atoms with E-state index in [0.29, 0.717) is 19.3 Å². The van der Waals surface area contributed by atoms with Crippen LogP contribution in [0.5, 0.6) is 0 Å². The molecule has 0 amide bonds. The van der Waals surface area contributed by atoms with E-state index < -0.39 is 6.10 Å². The fourth-order valence-electron chi connectivity index (χ4n) is 9.79. The molecule has 0 radical (unpaired) electrons. The summed E-state index contributed by atoms with van der Waals surface area (Å²) in [5.74, 6) is -0.851. The standard InChI is InChI=1S/C66H124O6/c1-4-7-10-13-16-19-22-25-28-31-33-36-38-41-44-47-50-53-56-59-65(68)71-62-63(61-70-64(67)58-55-52-49-46-43-40-37-34-30-27-24-21-18-15-12-9-6-3)72-66(69)60-57-54-51-48-45-42-39-35-32-29-26-23-20-17-14-11-8-5-2/h27,30-31,33,63H,4-26,28-29,32,34-62H2,1-3H3/b30-27-,33-31-. The van der Waals surface area contributed by atoms with Gasteiger partial charge in [0.05, 0.1) is 0 Å². The van der Waals surface area contributed by atoms with E-state index in [1.165, 1.54) is 263 Å². The largest absolute Gasteiger partial charge is 0.462 e. The van der Waals surface area contributed by atoms with Crippen molar-refractivity contribution in [2.45, 2.75) is 367 Å². The third kappa shape index (κ3) is 58.8. The molecule has 0 aromatic heterocycles. The van der Waals surface area contributed by atoms with Gasteiger partial charge in [0.1, 0.15) is 13.2 Å². The summed E-state index contributed by atoms with van der Waals surface area (Å²) in [5, 5.41) is 0. The first-order valence-corrected chi connectivity index (χ1v) is 32.3. The molecular weight excluding hydrogens is 889 g/mol. The Kier molecular flexibility index (Phi) is 59.6. The van der Waals surface area contributed by atoms with E-state index >= 15 is 0 Å². The molecule has 6 nitrogen and oxygen atoms in total. The van der Waals surface area contributed by atoms with Gasteiger partial charge >= 0.3 is 17.9 Å². The maximum absolute atomic E-state index is 12.9. The first kappa shape index (κ1) is 69.9. The summed E-state index contributed by atoms with van der Waals surface area (Å²) >= 11 is 0. The minimum atomic E-state index is -0.772. The van der Waals surface area contributed by atoms with Gasteiger partial charge in [-0.15, -0.1) is 0 Å². The van der Waals surface area contributed by atoms with Gasteiger partial charge in [-0.05, 0) is 70.6 Å². The predicted molar refractivity (Wildman–Crippen MR) is 312 cm³/mol. The zero-order chi connectivity index (χ0) is 52.2. The first-order chi connectivity index (χ1) is 35.5. The molecule has 0 saturated carbocycles. The van der Waals surface area contributed by atoms with E-state index in [9.17, 15) is 14.4 Å². The molecule has 0 aliphatic carbocycles. The van der Waals surface area contributed by atoms with Crippen LogP contribution in [0.1, 0.15) is 361 Å². The van der Waals surface area contributed by atoms with Gasteiger partial charge in [-0.3, -0.25) is 14.4 Å². The van der Waals surface area contributed by atoms with E-state index in [0.717, 1.165) is 57.8 Å². The van der Waals surface area contributed by atoms with Crippen LogP contribution in [-0.2, 0) is 28.6 Å². The Balaban J connectivity index is 4.33. The molecule has 424 valence electrons. The minimum absolute atomic E-state index is 0.0700. The molecular formula is C66H124O6. The zero-order valence-electron chi connectivity index (χ0n) is 48.7. The average molecular weight is 1010 g/mol. The quantitative estimate of drug-likeness (QED) is 0.0261. The van der Waals surface area contributed by atoms with Crippen LogP contribution in [0.2, 0.25) is 0 Å². The Bertz CT molecular complexity index is 1160. The fraction of sp³-hybridized carbons (Fsp3) is 0.894. The van der Waals surface area contributed by atoms with Crippen molar-refractivity contribution in [2.24, 2.45) is 0 Å². The molecule has 0 saturated heterocycles. The molecule has 0 aliphatic heterocycles. The molecule has 0 N–H and O–H groups in total. The number of carbonyl (C=O) groups is 3. The molecule has 0 aromatic carbocycles. The normalized spacial score (nSPS) is 12.1. The lowest BCUT2D eigenvalue weighted by molar-refractivity contribution is -0.167. The summed E-state index contributed by atoms with van der Waals surface area (Å²) in [6.07, 6.45) is 73.2. The van der Waals surface area contributed by atoms with Crippen LogP contribution < -0.4 is 0 Å². The summed E-state index contributed by atoms with van der Waals surface area (Å²) in [7, 11) is 0. The van der Waals surface area contributed by atoms with Crippen LogP contribution in [0.15, 0.2) is 24.3 Å². The maximum atomic E-state index is 12.9. The highest BCUT2D eigenvalue weighted by molar-refractivity contribution is 5.71. The first-order valence-electron chi connectivity index (χ1n) is 32.3. The van der Waals surface area contributed by atoms with Crippen LogP contribution in [0.3, 0.4) is 0 Å². The summed E-state index contributed by atoms with van der Waals surface area (Å²) in [4.78, 5) is 38.3.